The van der Waals surface area contributed by atoms with Crippen molar-refractivity contribution in [2.24, 2.45) is 5.92 Å². The van der Waals surface area contributed by atoms with Gasteiger partial charge in [0.15, 0.2) is 0 Å². The first-order valence-corrected chi connectivity index (χ1v) is 9.91. The lowest BCUT2D eigenvalue weighted by Gasteiger charge is -2.23. The van der Waals surface area contributed by atoms with E-state index in [0.29, 0.717) is 0 Å². The Labute approximate surface area is 171 Å². The van der Waals surface area contributed by atoms with Crippen LogP contribution in [0.5, 0.6) is 0 Å². The van der Waals surface area contributed by atoms with Crippen LogP contribution in [0, 0.1) is 12.8 Å². The number of H-pyrrole nitrogens is 1. The van der Waals surface area contributed by atoms with E-state index < -0.39 is 0 Å². The van der Waals surface area contributed by atoms with E-state index in [1.807, 2.05) is 69.3 Å². The van der Waals surface area contributed by atoms with Crippen molar-refractivity contribution in [3.8, 4) is 0 Å². The van der Waals surface area contributed by atoms with Crippen LogP contribution in [0.15, 0.2) is 48.5 Å². The van der Waals surface area contributed by atoms with E-state index in [9.17, 15) is 9.59 Å². The number of aromatic amines is 1. The highest BCUT2D eigenvalue weighted by Gasteiger charge is 2.24. The molecule has 0 aliphatic carbocycles. The average molecular weight is 393 g/mol. The van der Waals surface area contributed by atoms with Gasteiger partial charge in [0.2, 0.25) is 11.8 Å². The monoisotopic (exact) mass is 392 g/mol. The summed E-state index contributed by atoms with van der Waals surface area (Å²) in [4.78, 5) is 32.5. The number of nitrogens with zero attached hydrogens (tertiary/aromatic N) is 1. The number of amides is 2. The highest BCUT2D eigenvalue weighted by molar-refractivity contribution is 5.80. The van der Waals surface area contributed by atoms with Gasteiger partial charge in [-0.15, -0.1) is 0 Å². The fourth-order valence-corrected chi connectivity index (χ4v) is 3.38. The average Bonchev–Trinajstić information content (AvgIpc) is 3.09. The predicted molar refractivity (Wildman–Crippen MR) is 114 cm³/mol. The Hall–Kier alpha value is -3.15. The molecule has 0 bridgehead atoms. The van der Waals surface area contributed by atoms with E-state index in [0.717, 1.165) is 28.0 Å². The second-order valence-electron chi connectivity index (χ2n) is 7.80. The number of para-hydroxylation sites is 2. The van der Waals surface area contributed by atoms with Crippen LogP contribution in [0.2, 0.25) is 0 Å². The van der Waals surface area contributed by atoms with Crippen LogP contribution >= 0.6 is 0 Å². The Morgan fingerprint density at radius 2 is 1.72 bits per heavy atom. The molecule has 0 aliphatic heterocycles. The van der Waals surface area contributed by atoms with Crippen molar-refractivity contribution >= 4 is 22.8 Å². The maximum atomic E-state index is 12.9. The quantitative estimate of drug-likeness (QED) is 0.569. The summed E-state index contributed by atoms with van der Waals surface area (Å²) in [5.74, 6) is 0.587. The highest BCUT2D eigenvalue weighted by atomic mass is 16.2. The Morgan fingerprint density at radius 3 is 2.34 bits per heavy atom. The van der Waals surface area contributed by atoms with Crippen LogP contribution in [0.4, 0.5) is 0 Å². The molecule has 2 amide bonds. The van der Waals surface area contributed by atoms with E-state index in [4.69, 9.17) is 0 Å². The first-order chi connectivity index (χ1) is 13.8. The third-order valence-electron chi connectivity index (χ3n) is 4.93. The van der Waals surface area contributed by atoms with Crippen molar-refractivity contribution in [1.29, 1.82) is 0 Å². The zero-order chi connectivity index (χ0) is 21.0. The SMILES string of the molecule is CC(=O)N[C@H](CC(=O)N[C@@H](c1nc2ccccc2[nH]1)C(C)C)c1ccc(C)cc1. The topological polar surface area (TPSA) is 86.9 Å². The summed E-state index contributed by atoms with van der Waals surface area (Å²) in [7, 11) is 0. The summed E-state index contributed by atoms with van der Waals surface area (Å²) in [6, 6.07) is 15.0. The predicted octanol–water partition coefficient (Wildman–Crippen LogP) is 3.95. The second-order valence-corrected chi connectivity index (χ2v) is 7.80. The molecule has 0 unspecified atom stereocenters. The Kier molecular flexibility index (Phi) is 6.32. The molecule has 3 aromatic rings. The molecule has 0 spiro atoms. The lowest BCUT2D eigenvalue weighted by molar-refractivity contribution is -0.123. The molecule has 0 saturated carbocycles. The van der Waals surface area contributed by atoms with Crippen LogP contribution in [-0.4, -0.2) is 21.8 Å². The maximum absolute atomic E-state index is 12.9. The number of carbonyl (C=O) groups excluding carboxylic acids is 2. The molecule has 0 saturated heterocycles. The minimum Gasteiger partial charge on any atom is -0.349 e. The number of carbonyl (C=O) groups is 2. The first kappa shape index (κ1) is 20.6. The Morgan fingerprint density at radius 1 is 1.03 bits per heavy atom. The van der Waals surface area contributed by atoms with Gasteiger partial charge in [-0.05, 0) is 30.5 Å². The van der Waals surface area contributed by atoms with Crippen molar-refractivity contribution < 1.29 is 9.59 Å². The van der Waals surface area contributed by atoms with Gasteiger partial charge in [-0.3, -0.25) is 9.59 Å². The molecule has 1 aromatic heterocycles. The summed E-state index contributed by atoms with van der Waals surface area (Å²) in [6.07, 6.45) is 0.159. The molecule has 3 rings (SSSR count). The molecule has 29 heavy (non-hydrogen) atoms. The van der Waals surface area contributed by atoms with Gasteiger partial charge >= 0.3 is 0 Å². The summed E-state index contributed by atoms with van der Waals surface area (Å²) in [5, 5.41) is 5.98. The molecule has 3 N–H and O–H groups in total. The molecule has 152 valence electrons. The van der Waals surface area contributed by atoms with Crippen LogP contribution in [0.25, 0.3) is 11.0 Å². The number of hydrogen-bond acceptors (Lipinski definition) is 3. The summed E-state index contributed by atoms with van der Waals surface area (Å²) < 4.78 is 0. The molecular formula is C23H28N4O2. The fourth-order valence-electron chi connectivity index (χ4n) is 3.38. The van der Waals surface area contributed by atoms with E-state index >= 15 is 0 Å². The van der Waals surface area contributed by atoms with Crippen molar-refractivity contribution in [2.45, 2.75) is 46.2 Å². The van der Waals surface area contributed by atoms with Gasteiger partial charge < -0.3 is 15.6 Å². The summed E-state index contributed by atoms with van der Waals surface area (Å²) in [6.45, 7) is 7.56. The highest BCUT2D eigenvalue weighted by Crippen LogP contribution is 2.24. The first-order valence-electron chi connectivity index (χ1n) is 9.91. The van der Waals surface area contributed by atoms with E-state index in [-0.39, 0.29) is 36.2 Å². The molecule has 0 radical (unpaired) electrons. The number of rotatable bonds is 7. The van der Waals surface area contributed by atoms with Crippen molar-refractivity contribution in [3.05, 3.63) is 65.5 Å². The van der Waals surface area contributed by atoms with Crippen LogP contribution in [0.3, 0.4) is 0 Å². The third kappa shape index (κ3) is 5.22. The molecule has 0 aliphatic rings. The molecule has 6 heteroatoms. The standard InChI is InChI=1S/C23H28N4O2/c1-14(2)22(23-25-18-7-5-6-8-19(18)26-23)27-21(29)13-20(24-16(4)28)17-11-9-15(3)10-12-17/h5-12,14,20,22H,13H2,1-4H3,(H,24,28)(H,25,26)(H,27,29)/t20-,22-/m1/s1. The number of nitrogens with one attached hydrogen (secondary N) is 3. The third-order valence-corrected chi connectivity index (χ3v) is 4.93. The number of aromatic nitrogens is 2. The summed E-state index contributed by atoms with van der Waals surface area (Å²) in [5.41, 5.74) is 3.85. The zero-order valence-electron chi connectivity index (χ0n) is 17.3. The number of fused-ring (bicyclic) bond motifs is 1. The second kappa shape index (κ2) is 8.90. The van der Waals surface area contributed by atoms with Gasteiger partial charge in [0.25, 0.3) is 0 Å². The van der Waals surface area contributed by atoms with Gasteiger partial charge in [-0.1, -0.05) is 55.8 Å². The van der Waals surface area contributed by atoms with Crippen LogP contribution in [0.1, 0.15) is 56.2 Å². The van der Waals surface area contributed by atoms with E-state index in [1.165, 1.54) is 6.92 Å². The smallest absolute Gasteiger partial charge is 0.223 e. The maximum Gasteiger partial charge on any atom is 0.223 e. The Balaban J connectivity index is 1.77. The summed E-state index contributed by atoms with van der Waals surface area (Å²) >= 11 is 0. The van der Waals surface area contributed by atoms with Gasteiger partial charge in [0, 0.05) is 6.92 Å². The minimum absolute atomic E-state index is 0.136. The van der Waals surface area contributed by atoms with E-state index in [2.05, 4.69) is 20.6 Å². The van der Waals surface area contributed by atoms with Crippen molar-refractivity contribution in [2.75, 3.05) is 0 Å². The van der Waals surface area contributed by atoms with Gasteiger partial charge in [-0.2, -0.15) is 0 Å². The van der Waals surface area contributed by atoms with Crippen molar-refractivity contribution in [3.63, 3.8) is 0 Å². The van der Waals surface area contributed by atoms with Crippen molar-refractivity contribution in [1.82, 2.24) is 20.6 Å². The number of benzene rings is 2. The van der Waals surface area contributed by atoms with Gasteiger partial charge in [-0.25, -0.2) is 4.98 Å². The molecule has 2 aromatic carbocycles. The molecule has 0 fully saturated rings. The molecule has 2 atom stereocenters. The number of hydrogen-bond donors (Lipinski definition) is 3. The lowest BCUT2D eigenvalue weighted by Crippen LogP contribution is -2.36. The van der Waals surface area contributed by atoms with Crippen LogP contribution in [-0.2, 0) is 9.59 Å². The van der Waals surface area contributed by atoms with Gasteiger partial charge in [0.05, 0.1) is 29.5 Å². The van der Waals surface area contributed by atoms with E-state index in [1.54, 1.807) is 0 Å². The largest absolute Gasteiger partial charge is 0.349 e. The molecule has 6 nitrogen and oxygen atoms in total. The number of aryl methyl sites for hydroxylation is 1. The zero-order valence-corrected chi connectivity index (χ0v) is 17.3. The normalized spacial score (nSPS) is 13.3. The fraction of sp³-hybridized carbons (Fsp3) is 0.348. The van der Waals surface area contributed by atoms with Gasteiger partial charge in [0.1, 0.15) is 5.82 Å². The lowest BCUT2D eigenvalue weighted by atomic mass is 10.00. The molecule has 1 heterocycles. The number of imidazole rings is 1. The Bertz CT molecular complexity index is 959. The minimum atomic E-state index is -0.378. The molecular weight excluding hydrogens is 364 g/mol. The van der Waals surface area contributed by atoms with Crippen LogP contribution < -0.4 is 10.6 Å².